The number of aromatic hydroxyl groups is 1. The van der Waals surface area contributed by atoms with Gasteiger partial charge in [0, 0.05) is 5.56 Å². The molecule has 0 bridgehead atoms. The SMILES string of the molecule is CC(C)(C)N=C1NC(=O)C(c2ccccc2O)S1. The highest BCUT2D eigenvalue weighted by atomic mass is 32.2. The molecule has 0 spiro atoms. The zero-order chi connectivity index (χ0) is 13.3. The molecule has 1 aromatic rings. The van der Waals surface area contributed by atoms with Gasteiger partial charge in [0.2, 0.25) is 5.91 Å². The van der Waals surface area contributed by atoms with E-state index >= 15 is 0 Å². The van der Waals surface area contributed by atoms with Gasteiger partial charge in [-0.25, -0.2) is 0 Å². The number of benzene rings is 1. The first-order chi connectivity index (χ1) is 8.37. The first kappa shape index (κ1) is 13.0. The second kappa shape index (κ2) is 4.65. The molecule has 0 saturated carbocycles. The van der Waals surface area contributed by atoms with Crippen LogP contribution < -0.4 is 5.32 Å². The molecule has 1 atom stereocenters. The average molecular weight is 264 g/mol. The zero-order valence-corrected chi connectivity index (χ0v) is 11.4. The van der Waals surface area contributed by atoms with E-state index in [-0.39, 0.29) is 17.2 Å². The molecule has 4 nitrogen and oxygen atoms in total. The van der Waals surface area contributed by atoms with Gasteiger partial charge in [-0.05, 0) is 26.8 Å². The van der Waals surface area contributed by atoms with Crippen LogP contribution in [0.5, 0.6) is 5.75 Å². The molecule has 1 fully saturated rings. The summed E-state index contributed by atoms with van der Waals surface area (Å²) in [5.41, 5.74) is 0.391. The Morgan fingerprint density at radius 3 is 2.61 bits per heavy atom. The van der Waals surface area contributed by atoms with Crippen molar-refractivity contribution < 1.29 is 9.90 Å². The number of hydrogen-bond acceptors (Lipinski definition) is 4. The van der Waals surface area contributed by atoms with Crippen LogP contribution in [-0.4, -0.2) is 21.7 Å². The van der Waals surface area contributed by atoms with E-state index in [0.717, 1.165) is 0 Å². The van der Waals surface area contributed by atoms with E-state index in [0.29, 0.717) is 10.7 Å². The molecule has 1 amide bonds. The lowest BCUT2D eigenvalue weighted by Crippen LogP contribution is -2.24. The van der Waals surface area contributed by atoms with Gasteiger partial charge in [0.05, 0.1) is 5.54 Å². The fraction of sp³-hybridized carbons (Fsp3) is 0.385. The Kier molecular flexibility index (Phi) is 3.34. The van der Waals surface area contributed by atoms with Crippen LogP contribution in [0.4, 0.5) is 0 Å². The Balaban J connectivity index is 2.26. The molecule has 96 valence electrons. The molecule has 1 saturated heterocycles. The molecule has 0 aliphatic carbocycles. The molecule has 1 aliphatic heterocycles. The van der Waals surface area contributed by atoms with Crippen molar-refractivity contribution in [3.05, 3.63) is 29.8 Å². The lowest BCUT2D eigenvalue weighted by atomic mass is 10.1. The highest BCUT2D eigenvalue weighted by molar-refractivity contribution is 8.15. The van der Waals surface area contributed by atoms with Crippen molar-refractivity contribution >= 4 is 22.8 Å². The number of nitrogens with one attached hydrogen (secondary N) is 1. The van der Waals surface area contributed by atoms with Gasteiger partial charge in [-0.15, -0.1) is 0 Å². The van der Waals surface area contributed by atoms with E-state index in [1.807, 2.05) is 26.8 Å². The first-order valence-corrected chi connectivity index (χ1v) is 6.60. The monoisotopic (exact) mass is 264 g/mol. The maximum Gasteiger partial charge on any atom is 0.244 e. The number of amides is 1. The van der Waals surface area contributed by atoms with Crippen LogP contribution in [0.25, 0.3) is 0 Å². The highest BCUT2D eigenvalue weighted by Gasteiger charge is 2.33. The lowest BCUT2D eigenvalue weighted by Gasteiger charge is -2.12. The van der Waals surface area contributed by atoms with Crippen molar-refractivity contribution in [2.45, 2.75) is 31.6 Å². The third kappa shape index (κ3) is 2.85. The van der Waals surface area contributed by atoms with Gasteiger partial charge in [0.1, 0.15) is 11.0 Å². The second-order valence-electron chi connectivity index (χ2n) is 5.13. The summed E-state index contributed by atoms with van der Waals surface area (Å²) in [5.74, 6) is 0.00617. The number of amidine groups is 1. The predicted molar refractivity (Wildman–Crippen MR) is 73.8 cm³/mol. The molecule has 1 heterocycles. The van der Waals surface area contributed by atoms with E-state index in [1.54, 1.807) is 18.2 Å². The first-order valence-electron chi connectivity index (χ1n) is 5.72. The fourth-order valence-electron chi connectivity index (χ4n) is 1.64. The standard InChI is InChI=1S/C13H16N2O2S/c1-13(2,3)15-12-14-11(17)10(18-12)8-6-4-5-7-9(8)16/h4-7,10,16H,1-3H3,(H,14,15,17). The topological polar surface area (TPSA) is 61.7 Å². The van der Waals surface area contributed by atoms with Crippen LogP contribution in [0, 0.1) is 0 Å². The molecule has 2 N–H and O–H groups in total. The minimum atomic E-state index is -0.424. The molecule has 1 aromatic carbocycles. The Bertz CT molecular complexity index is 506. The molecular weight excluding hydrogens is 248 g/mol. The Morgan fingerprint density at radius 2 is 2.00 bits per heavy atom. The third-order valence-corrected chi connectivity index (χ3v) is 3.47. The van der Waals surface area contributed by atoms with Crippen LogP contribution in [0.2, 0.25) is 0 Å². The number of para-hydroxylation sites is 1. The number of phenols is 1. The molecule has 18 heavy (non-hydrogen) atoms. The van der Waals surface area contributed by atoms with Gasteiger partial charge in [-0.1, -0.05) is 30.0 Å². The van der Waals surface area contributed by atoms with Crippen molar-refractivity contribution in [1.82, 2.24) is 5.32 Å². The number of hydrogen-bond donors (Lipinski definition) is 2. The number of carbonyl (C=O) groups excluding carboxylic acids is 1. The van der Waals surface area contributed by atoms with Gasteiger partial charge in [0.15, 0.2) is 5.17 Å². The summed E-state index contributed by atoms with van der Waals surface area (Å²) >= 11 is 1.34. The van der Waals surface area contributed by atoms with Crippen LogP contribution in [0.3, 0.4) is 0 Å². The Labute approximate surface area is 111 Å². The summed E-state index contributed by atoms with van der Waals surface area (Å²) in [6.45, 7) is 5.92. The zero-order valence-electron chi connectivity index (χ0n) is 10.6. The van der Waals surface area contributed by atoms with Crippen molar-refractivity contribution in [2.75, 3.05) is 0 Å². The summed E-state index contributed by atoms with van der Waals surface area (Å²) < 4.78 is 0. The van der Waals surface area contributed by atoms with Gasteiger partial charge in [0.25, 0.3) is 0 Å². The van der Waals surface area contributed by atoms with E-state index in [4.69, 9.17) is 0 Å². The smallest absolute Gasteiger partial charge is 0.244 e. The van der Waals surface area contributed by atoms with Crippen molar-refractivity contribution in [2.24, 2.45) is 4.99 Å². The normalized spacial score (nSPS) is 22.3. The van der Waals surface area contributed by atoms with Gasteiger partial charge >= 0.3 is 0 Å². The summed E-state index contributed by atoms with van der Waals surface area (Å²) in [7, 11) is 0. The highest BCUT2D eigenvalue weighted by Crippen LogP contribution is 2.38. The Hall–Kier alpha value is -1.49. The Morgan fingerprint density at radius 1 is 1.33 bits per heavy atom. The largest absolute Gasteiger partial charge is 0.508 e. The number of aliphatic imine (C=N–C) groups is 1. The predicted octanol–water partition coefficient (Wildman–Crippen LogP) is 2.45. The maximum absolute atomic E-state index is 11.9. The summed E-state index contributed by atoms with van der Waals surface area (Å²) in [6, 6.07) is 6.89. The lowest BCUT2D eigenvalue weighted by molar-refractivity contribution is -0.118. The van der Waals surface area contributed by atoms with Crippen molar-refractivity contribution in [1.29, 1.82) is 0 Å². The van der Waals surface area contributed by atoms with Crippen LogP contribution >= 0.6 is 11.8 Å². The molecule has 5 heteroatoms. The number of thioether (sulfide) groups is 1. The minimum absolute atomic E-state index is 0.135. The number of phenolic OH excluding ortho intramolecular Hbond substituents is 1. The quantitative estimate of drug-likeness (QED) is 0.819. The molecule has 2 rings (SSSR count). The summed E-state index contributed by atoms with van der Waals surface area (Å²) in [5, 5.41) is 12.7. The average Bonchev–Trinajstić information content (AvgIpc) is 2.57. The number of carbonyl (C=O) groups is 1. The molecular formula is C13H16N2O2S. The number of nitrogens with zero attached hydrogens (tertiary/aromatic N) is 1. The van der Waals surface area contributed by atoms with Crippen LogP contribution in [-0.2, 0) is 4.79 Å². The third-order valence-electron chi connectivity index (χ3n) is 2.35. The summed E-state index contributed by atoms with van der Waals surface area (Å²) in [4.78, 5) is 16.3. The molecule has 1 unspecified atom stereocenters. The second-order valence-corrected chi connectivity index (χ2v) is 6.23. The maximum atomic E-state index is 11.9. The van der Waals surface area contributed by atoms with Crippen molar-refractivity contribution in [3.8, 4) is 5.75 Å². The van der Waals surface area contributed by atoms with E-state index < -0.39 is 5.25 Å². The molecule has 0 radical (unpaired) electrons. The van der Waals surface area contributed by atoms with E-state index in [2.05, 4.69) is 10.3 Å². The van der Waals surface area contributed by atoms with Gasteiger partial charge in [-0.3, -0.25) is 9.79 Å². The van der Waals surface area contributed by atoms with E-state index in [9.17, 15) is 9.90 Å². The van der Waals surface area contributed by atoms with E-state index in [1.165, 1.54) is 11.8 Å². The fourth-order valence-corrected chi connectivity index (χ4v) is 2.84. The van der Waals surface area contributed by atoms with Crippen LogP contribution in [0.15, 0.2) is 29.3 Å². The summed E-state index contributed by atoms with van der Waals surface area (Å²) in [6.07, 6.45) is 0. The number of rotatable bonds is 1. The molecule has 1 aliphatic rings. The van der Waals surface area contributed by atoms with Crippen LogP contribution in [0.1, 0.15) is 31.6 Å². The van der Waals surface area contributed by atoms with Gasteiger partial charge < -0.3 is 10.4 Å². The molecule has 0 aromatic heterocycles. The minimum Gasteiger partial charge on any atom is -0.508 e. The van der Waals surface area contributed by atoms with Crippen molar-refractivity contribution in [3.63, 3.8) is 0 Å². The van der Waals surface area contributed by atoms with Gasteiger partial charge in [-0.2, -0.15) is 0 Å².